The number of anilines is 1. The summed E-state index contributed by atoms with van der Waals surface area (Å²) in [7, 11) is 2.19. The van der Waals surface area contributed by atoms with E-state index < -0.39 is 0 Å². The Morgan fingerprint density at radius 3 is 2.72 bits per heavy atom. The lowest BCUT2D eigenvalue weighted by atomic mass is 10.1. The normalized spacial score (nSPS) is 17.9. The van der Waals surface area contributed by atoms with Crippen LogP contribution in [0.3, 0.4) is 0 Å². The van der Waals surface area contributed by atoms with Crippen molar-refractivity contribution in [1.82, 2.24) is 9.88 Å². The predicted molar refractivity (Wildman–Crippen MR) is 75.9 cm³/mol. The molecule has 0 amide bonds. The van der Waals surface area contributed by atoms with Crippen LogP contribution in [0.4, 0.5) is 5.69 Å². The first-order chi connectivity index (χ1) is 8.61. The number of rotatable bonds is 2. The smallest absolute Gasteiger partial charge is 0.0448 e. The molecule has 1 aliphatic heterocycles. The maximum Gasteiger partial charge on any atom is 0.0448 e. The number of aryl methyl sites for hydroxylation is 2. The molecule has 0 atom stereocenters. The molecule has 0 aliphatic carbocycles. The van der Waals surface area contributed by atoms with E-state index in [1.165, 1.54) is 24.2 Å². The van der Waals surface area contributed by atoms with Gasteiger partial charge in [0.05, 0.1) is 0 Å². The van der Waals surface area contributed by atoms with Gasteiger partial charge >= 0.3 is 0 Å². The predicted octanol–water partition coefficient (Wildman–Crippen LogP) is 1.30. The van der Waals surface area contributed by atoms with Gasteiger partial charge in [0.25, 0.3) is 0 Å². The molecule has 2 heterocycles. The van der Waals surface area contributed by atoms with Crippen LogP contribution < -0.4 is 10.6 Å². The van der Waals surface area contributed by atoms with Gasteiger partial charge in [-0.05, 0) is 39.9 Å². The van der Waals surface area contributed by atoms with Gasteiger partial charge in [0.15, 0.2) is 0 Å². The first kappa shape index (κ1) is 13.3. The monoisotopic (exact) mass is 248 g/mol. The van der Waals surface area contributed by atoms with E-state index in [9.17, 15) is 0 Å². The first-order valence-electron chi connectivity index (χ1n) is 6.72. The quantitative estimate of drug-likeness (QED) is 0.857. The molecule has 2 N–H and O–H groups in total. The highest BCUT2D eigenvalue weighted by atomic mass is 15.2. The van der Waals surface area contributed by atoms with Crippen molar-refractivity contribution in [1.29, 1.82) is 0 Å². The van der Waals surface area contributed by atoms with Crippen LogP contribution in [0.2, 0.25) is 0 Å². The van der Waals surface area contributed by atoms with Crippen molar-refractivity contribution in [2.45, 2.75) is 26.8 Å². The average molecular weight is 248 g/mol. The van der Waals surface area contributed by atoms with Crippen LogP contribution in [0.15, 0.2) is 6.07 Å². The third kappa shape index (κ3) is 2.82. The maximum atomic E-state index is 5.90. The largest absolute Gasteiger partial charge is 0.370 e. The zero-order valence-electron chi connectivity index (χ0n) is 11.7. The summed E-state index contributed by atoms with van der Waals surface area (Å²) in [5.74, 6) is 0. The van der Waals surface area contributed by atoms with E-state index in [4.69, 9.17) is 5.73 Å². The number of nitrogens with zero attached hydrogens (tertiary/aromatic N) is 3. The van der Waals surface area contributed by atoms with Crippen molar-refractivity contribution in [2.75, 3.05) is 38.1 Å². The van der Waals surface area contributed by atoms with Crippen LogP contribution in [0, 0.1) is 13.8 Å². The molecule has 0 unspecified atom stereocenters. The molecule has 1 aromatic heterocycles. The minimum absolute atomic E-state index is 0.570. The zero-order valence-corrected chi connectivity index (χ0v) is 11.7. The van der Waals surface area contributed by atoms with Crippen LogP contribution in [-0.2, 0) is 6.54 Å². The van der Waals surface area contributed by atoms with Gasteiger partial charge < -0.3 is 15.5 Å². The van der Waals surface area contributed by atoms with Crippen molar-refractivity contribution in [2.24, 2.45) is 5.73 Å². The topological polar surface area (TPSA) is 45.4 Å². The van der Waals surface area contributed by atoms with Crippen LogP contribution in [-0.4, -0.2) is 43.1 Å². The van der Waals surface area contributed by atoms with Crippen molar-refractivity contribution >= 4 is 5.69 Å². The van der Waals surface area contributed by atoms with E-state index in [0.717, 1.165) is 31.0 Å². The van der Waals surface area contributed by atoms with E-state index in [1.807, 2.05) is 0 Å². The fourth-order valence-electron chi connectivity index (χ4n) is 2.66. The minimum atomic E-state index is 0.570. The highest BCUT2D eigenvalue weighted by Gasteiger charge is 2.17. The Hall–Kier alpha value is -1.13. The molecule has 18 heavy (non-hydrogen) atoms. The van der Waals surface area contributed by atoms with Crippen molar-refractivity contribution in [3.8, 4) is 0 Å². The van der Waals surface area contributed by atoms with E-state index in [0.29, 0.717) is 6.54 Å². The molecular formula is C14H24N4. The van der Waals surface area contributed by atoms with E-state index in [-0.39, 0.29) is 0 Å². The standard InChI is InChI=1S/C14H24N4/c1-11-9-14(13(10-15)12(2)16-11)18-6-4-5-17(3)7-8-18/h9H,4-8,10,15H2,1-3H3. The minimum Gasteiger partial charge on any atom is -0.370 e. The number of pyridine rings is 1. The Morgan fingerprint density at radius 1 is 1.22 bits per heavy atom. The Labute approximate surface area is 110 Å². The van der Waals surface area contributed by atoms with Gasteiger partial charge in [-0.1, -0.05) is 0 Å². The molecule has 1 saturated heterocycles. The third-order valence-corrected chi connectivity index (χ3v) is 3.70. The van der Waals surface area contributed by atoms with Crippen molar-refractivity contribution in [3.05, 3.63) is 23.0 Å². The van der Waals surface area contributed by atoms with Gasteiger partial charge in [-0.15, -0.1) is 0 Å². The van der Waals surface area contributed by atoms with Crippen LogP contribution in [0.1, 0.15) is 23.4 Å². The lowest BCUT2D eigenvalue weighted by molar-refractivity contribution is 0.360. The van der Waals surface area contributed by atoms with Gasteiger partial charge in [-0.2, -0.15) is 0 Å². The number of aromatic nitrogens is 1. The second-order valence-corrected chi connectivity index (χ2v) is 5.19. The molecule has 0 spiro atoms. The average Bonchev–Trinajstić information content (AvgIpc) is 2.53. The summed E-state index contributed by atoms with van der Waals surface area (Å²) >= 11 is 0. The third-order valence-electron chi connectivity index (χ3n) is 3.70. The summed E-state index contributed by atoms with van der Waals surface area (Å²) in [6.45, 7) is 9.17. The lowest BCUT2D eigenvalue weighted by Gasteiger charge is -2.26. The molecule has 0 aromatic carbocycles. The fraction of sp³-hybridized carbons (Fsp3) is 0.643. The molecule has 0 saturated carbocycles. The Balaban J connectivity index is 2.31. The zero-order chi connectivity index (χ0) is 13.1. The van der Waals surface area contributed by atoms with E-state index in [1.54, 1.807) is 0 Å². The van der Waals surface area contributed by atoms with E-state index >= 15 is 0 Å². The number of hydrogen-bond acceptors (Lipinski definition) is 4. The van der Waals surface area contributed by atoms with Gasteiger partial charge in [0.2, 0.25) is 0 Å². The maximum absolute atomic E-state index is 5.90. The second-order valence-electron chi connectivity index (χ2n) is 5.19. The lowest BCUT2D eigenvalue weighted by Crippen LogP contribution is -2.30. The molecule has 2 rings (SSSR count). The molecule has 4 heteroatoms. The summed E-state index contributed by atoms with van der Waals surface area (Å²) < 4.78 is 0. The fourth-order valence-corrected chi connectivity index (χ4v) is 2.66. The van der Waals surface area contributed by atoms with Crippen molar-refractivity contribution < 1.29 is 0 Å². The highest BCUT2D eigenvalue weighted by molar-refractivity contribution is 5.56. The van der Waals surface area contributed by atoms with E-state index in [2.05, 4.69) is 41.7 Å². The molecule has 0 bridgehead atoms. The molecule has 0 radical (unpaired) electrons. The van der Waals surface area contributed by atoms with Gasteiger partial charge in [0.1, 0.15) is 0 Å². The summed E-state index contributed by atoms with van der Waals surface area (Å²) in [5, 5.41) is 0. The molecular weight excluding hydrogens is 224 g/mol. The number of hydrogen-bond donors (Lipinski definition) is 1. The molecule has 1 aromatic rings. The summed E-state index contributed by atoms with van der Waals surface area (Å²) in [4.78, 5) is 9.38. The SMILES string of the molecule is Cc1cc(N2CCCN(C)CC2)c(CN)c(C)n1. The molecule has 1 fully saturated rings. The van der Waals surface area contributed by atoms with Crippen LogP contribution in [0.25, 0.3) is 0 Å². The Morgan fingerprint density at radius 2 is 2.00 bits per heavy atom. The van der Waals surface area contributed by atoms with Crippen LogP contribution >= 0.6 is 0 Å². The Bertz CT molecular complexity index is 417. The summed E-state index contributed by atoms with van der Waals surface area (Å²) in [6.07, 6.45) is 1.21. The number of likely N-dealkylation sites (N-methyl/N-ethyl adjacent to an activating group) is 1. The van der Waals surface area contributed by atoms with Gasteiger partial charge in [-0.3, -0.25) is 4.98 Å². The Kier molecular flexibility index (Phi) is 4.19. The molecule has 100 valence electrons. The van der Waals surface area contributed by atoms with Crippen LogP contribution in [0.5, 0.6) is 0 Å². The summed E-state index contributed by atoms with van der Waals surface area (Å²) in [5.41, 5.74) is 10.5. The number of nitrogens with two attached hydrogens (primary N) is 1. The highest BCUT2D eigenvalue weighted by Crippen LogP contribution is 2.24. The second kappa shape index (κ2) is 5.67. The van der Waals surface area contributed by atoms with Crippen molar-refractivity contribution in [3.63, 3.8) is 0 Å². The molecule has 4 nitrogen and oxygen atoms in total. The summed E-state index contributed by atoms with van der Waals surface area (Å²) in [6, 6.07) is 2.18. The first-order valence-corrected chi connectivity index (χ1v) is 6.72. The molecule has 1 aliphatic rings. The van der Waals surface area contributed by atoms with Gasteiger partial charge in [0, 0.05) is 48.8 Å². The van der Waals surface area contributed by atoms with Gasteiger partial charge in [-0.25, -0.2) is 0 Å².